The van der Waals surface area contributed by atoms with Gasteiger partial charge in [0.2, 0.25) is 5.95 Å². The van der Waals surface area contributed by atoms with Crippen molar-refractivity contribution in [3.05, 3.63) is 40.0 Å². The van der Waals surface area contributed by atoms with Crippen molar-refractivity contribution in [1.82, 2.24) is 14.9 Å². The van der Waals surface area contributed by atoms with Gasteiger partial charge in [-0.15, -0.1) is 0 Å². The highest BCUT2D eigenvalue weighted by molar-refractivity contribution is 9.10. The third-order valence-electron chi connectivity index (χ3n) is 3.97. The summed E-state index contributed by atoms with van der Waals surface area (Å²) >= 11 is 3.61. The largest absolute Gasteiger partial charge is 0.353 e. The van der Waals surface area contributed by atoms with Gasteiger partial charge in [0.15, 0.2) is 0 Å². The highest BCUT2D eigenvalue weighted by atomic mass is 79.9. The predicted molar refractivity (Wildman–Crippen MR) is 103 cm³/mol. The van der Waals surface area contributed by atoms with Gasteiger partial charge in [-0.05, 0) is 67.5 Å². The normalized spacial score (nSPS) is 14.0. The molecule has 1 aromatic carbocycles. The van der Waals surface area contributed by atoms with Gasteiger partial charge in [-0.3, -0.25) is 0 Å². The molecule has 0 amide bonds. The van der Waals surface area contributed by atoms with E-state index in [0.717, 1.165) is 34.8 Å². The minimum atomic E-state index is 0.587. The Hall–Kier alpha value is -1.66. The van der Waals surface area contributed by atoms with E-state index in [2.05, 4.69) is 86.7 Å². The fraction of sp³-hybridized carbons (Fsp3) is 0.444. The molecule has 24 heavy (non-hydrogen) atoms. The number of halogens is 1. The molecule has 0 atom stereocenters. The van der Waals surface area contributed by atoms with E-state index in [9.17, 15) is 0 Å². The summed E-state index contributed by atoms with van der Waals surface area (Å²) in [7, 11) is 4.12. The molecule has 0 radical (unpaired) electrons. The number of anilines is 3. The number of nitrogens with zero attached hydrogens (tertiary/aromatic N) is 3. The number of benzene rings is 1. The standard InChI is InChI=1S/C18H24BrN5/c1-12-4-7-15(14(19)10-12)21-17-11-16(13-5-6-13)22-18(23-17)20-8-9-24(2)3/h4,7,10-11,13H,5-6,8-9H2,1-3H3,(H2,20,21,22,23). The van der Waals surface area contributed by atoms with Crippen molar-refractivity contribution in [2.75, 3.05) is 37.8 Å². The van der Waals surface area contributed by atoms with Crippen LogP contribution < -0.4 is 10.6 Å². The summed E-state index contributed by atoms with van der Waals surface area (Å²) in [5.74, 6) is 2.13. The van der Waals surface area contributed by atoms with E-state index in [1.807, 2.05) is 0 Å². The van der Waals surface area contributed by atoms with Crippen LogP contribution in [0.15, 0.2) is 28.7 Å². The molecule has 0 spiro atoms. The van der Waals surface area contributed by atoms with Crippen LogP contribution in [-0.4, -0.2) is 42.1 Å². The van der Waals surface area contributed by atoms with E-state index in [1.165, 1.54) is 18.4 Å². The second kappa shape index (κ2) is 7.49. The van der Waals surface area contributed by atoms with Crippen LogP contribution in [0, 0.1) is 6.92 Å². The lowest BCUT2D eigenvalue weighted by molar-refractivity contribution is 0.425. The molecule has 1 saturated carbocycles. The van der Waals surface area contributed by atoms with E-state index < -0.39 is 0 Å². The average molecular weight is 390 g/mol. The van der Waals surface area contributed by atoms with Crippen molar-refractivity contribution in [3.8, 4) is 0 Å². The second-order valence-corrected chi connectivity index (χ2v) is 7.47. The zero-order valence-corrected chi connectivity index (χ0v) is 16.0. The van der Waals surface area contributed by atoms with Crippen LogP contribution in [0.1, 0.15) is 30.0 Å². The number of rotatable bonds is 7. The van der Waals surface area contributed by atoms with E-state index in [0.29, 0.717) is 11.9 Å². The number of nitrogens with one attached hydrogen (secondary N) is 2. The summed E-state index contributed by atoms with van der Waals surface area (Å²) < 4.78 is 1.04. The minimum absolute atomic E-state index is 0.587. The maximum Gasteiger partial charge on any atom is 0.224 e. The van der Waals surface area contributed by atoms with Gasteiger partial charge in [0.05, 0.1) is 11.4 Å². The number of aryl methyl sites for hydroxylation is 1. The zero-order chi connectivity index (χ0) is 17.1. The maximum absolute atomic E-state index is 4.68. The highest BCUT2D eigenvalue weighted by Crippen LogP contribution is 2.40. The van der Waals surface area contributed by atoms with Crippen LogP contribution in [0.5, 0.6) is 0 Å². The molecular weight excluding hydrogens is 366 g/mol. The van der Waals surface area contributed by atoms with Crippen LogP contribution in [0.2, 0.25) is 0 Å². The van der Waals surface area contributed by atoms with Crippen LogP contribution in [0.4, 0.5) is 17.5 Å². The lowest BCUT2D eigenvalue weighted by atomic mass is 10.2. The number of likely N-dealkylation sites (N-methyl/N-ethyl adjacent to an activating group) is 1. The van der Waals surface area contributed by atoms with Crippen LogP contribution in [-0.2, 0) is 0 Å². The van der Waals surface area contributed by atoms with Crippen molar-refractivity contribution in [2.24, 2.45) is 0 Å². The Morgan fingerprint density at radius 2 is 2.00 bits per heavy atom. The van der Waals surface area contributed by atoms with Crippen molar-refractivity contribution in [2.45, 2.75) is 25.7 Å². The first-order valence-electron chi connectivity index (χ1n) is 8.32. The quantitative estimate of drug-likeness (QED) is 0.744. The first-order chi connectivity index (χ1) is 11.5. The van der Waals surface area contributed by atoms with Gasteiger partial charge in [0.1, 0.15) is 5.82 Å². The predicted octanol–water partition coefficient (Wildman–Crippen LogP) is 4.14. The molecule has 1 aliphatic rings. The molecule has 0 bridgehead atoms. The second-order valence-electron chi connectivity index (χ2n) is 6.61. The van der Waals surface area contributed by atoms with Gasteiger partial charge in [-0.1, -0.05) is 6.07 Å². The van der Waals surface area contributed by atoms with Crippen LogP contribution >= 0.6 is 15.9 Å². The van der Waals surface area contributed by atoms with Gasteiger partial charge in [0.25, 0.3) is 0 Å². The van der Waals surface area contributed by atoms with Crippen molar-refractivity contribution >= 4 is 33.4 Å². The monoisotopic (exact) mass is 389 g/mol. The summed E-state index contributed by atoms with van der Waals surface area (Å²) in [4.78, 5) is 11.4. The third-order valence-corrected chi connectivity index (χ3v) is 4.63. The fourth-order valence-corrected chi connectivity index (χ4v) is 3.04. The molecular formula is C18H24BrN5. The average Bonchev–Trinajstić information content (AvgIpc) is 3.34. The minimum Gasteiger partial charge on any atom is -0.353 e. The molecule has 2 aromatic rings. The Morgan fingerprint density at radius 3 is 2.67 bits per heavy atom. The molecule has 6 heteroatoms. The van der Waals surface area contributed by atoms with Crippen molar-refractivity contribution in [1.29, 1.82) is 0 Å². The topological polar surface area (TPSA) is 53.1 Å². The summed E-state index contributed by atoms with van der Waals surface area (Å²) in [6.07, 6.45) is 2.45. The summed E-state index contributed by atoms with van der Waals surface area (Å²) in [6.45, 7) is 3.86. The molecule has 0 aliphatic heterocycles. The van der Waals surface area contributed by atoms with E-state index in [1.54, 1.807) is 0 Å². The summed E-state index contributed by atoms with van der Waals surface area (Å²) in [5.41, 5.74) is 3.36. The number of aromatic nitrogens is 2. The smallest absolute Gasteiger partial charge is 0.224 e. The van der Waals surface area contributed by atoms with Crippen LogP contribution in [0.3, 0.4) is 0 Å². The van der Waals surface area contributed by atoms with Gasteiger partial charge < -0.3 is 15.5 Å². The molecule has 1 aliphatic carbocycles. The van der Waals surface area contributed by atoms with Gasteiger partial charge >= 0.3 is 0 Å². The molecule has 5 nitrogen and oxygen atoms in total. The molecule has 2 N–H and O–H groups in total. The summed E-state index contributed by atoms with van der Waals surface area (Å²) in [5, 5.41) is 6.75. The van der Waals surface area contributed by atoms with Crippen molar-refractivity contribution in [3.63, 3.8) is 0 Å². The van der Waals surface area contributed by atoms with Crippen LogP contribution in [0.25, 0.3) is 0 Å². The first kappa shape index (κ1) is 17.2. The Bertz CT molecular complexity index is 713. The molecule has 1 fully saturated rings. The van der Waals surface area contributed by atoms with Gasteiger partial charge in [-0.25, -0.2) is 4.98 Å². The lowest BCUT2D eigenvalue weighted by Gasteiger charge is -2.14. The van der Waals surface area contributed by atoms with Gasteiger partial charge in [-0.2, -0.15) is 4.98 Å². The Labute approximate surface area is 152 Å². The van der Waals surface area contributed by atoms with Crippen molar-refractivity contribution < 1.29 is 0 Å². The third kappa shape index (κ3) is 4.68. The molecule has 1 heterocycles. The molecule has 0 unspecified atom stereocenters. The molecule has 0 saturated heterocycles. The molecule has 1 aromatic heterocycles. The zero-order valence-electron chi connectivity index (χ0n) is 14.4. The lowest BCUT2D eigenvalue weighted by Crippen LogP contribution is -2.21. The van der Waals surface area contributed by atoms with E-state index >= 15 is 0 Å². The van der Waals surface area contributed by atoms with Gasteiger partial charge in [0, 0.05) is 29.5 Å². The number of hydrogen-bond acceptors (Lipinski definition) is 5. The Kier molecular flexibility index (Phi) is 5.36. The first-order valence-corrected chi connectivity index (χ1v) is 9.11. The number of hydrogen-bond donors (Lipinski definition) is 2. The Balaban J connectivity index is 1.79. The maximum atomic E-state index is 4.68. The highest BCUT2D eigenvalue weighted by Gasteiger charge is 2.26. The van der Waals surface area contributed by atoms with E-state index in [-0.39, 0.29) is 0 Å². The fourth-order valence-electron chi connectivity index (χ4n) is 2.45. The molecule has 128 valence electrons. The molecule has 3 rings (SSSR count). The summed E-state index contributed by atoms with van der Waals surface area (Å²) in [6, 6.07) is 8.33. The SMILES string of the molecule is Cc1ccc(Nc2cc(C3CC3)nc(NCCN(C)C)n2)c(Br)c1. The Morgan fingerprint density at radius 1 is 1.21 bits per heavy atom. The van der Waals surface area contributed by atoms with E-state index in [4.69, 9.17) is 0 Å².